The van der Waals surface area contributed by atoms with E-state index in [1.54, 1.807) is 24.3 Å². The minimum atomic E-state index is -0.148. The van der Waals surface area contributed by atoms with Gasteiger partial charge in [-0.25, -0.2) is 0 Å². The normalized spacial score (nSPS) is 10.5. The Balaban J connectivity index is 2.34. The van der Waals surface area contributed by atoms with Gasteiger partial charge in [0.2, 0.25) is 5.91 Å². The molecule has 3 aromatic rings. The van der Waals surface area contributed by atoms with Crippen LogP contribution in [0.5, 0.6) is 0 Å². The average Bonchev–Trinajstić information content (AvgIpc) is 2.77. The molecule has 0 radical (unpaired) electrons. The maximum absolute atomic E-state index is 11.2. The van der Waals surface area contributed by atoms with Gasteiger partial charge in [-0.2, -0.15) is 5.26 Å². The highest BCUT2D eigenvalue weighted by Crippen LogP contribution is 2.33. The van der Waals surface area contributed by atoms with Gasteiger partial charge in [0.25, 0.3) is 0 Å². The Morgan fingerprint density at radius 2 is 2.11 bits per heavy atom. The molecule has 1 amide bonds. The van der Waals surface area contributed by atoms with Crippen LogP contribution in [0.1, 0.15) is 12.5 Å². The number of nitrogens with one attached hydrogen (secondary N) is 1. The van der Waals surface area contributed by atoms with Crippen molar-refractivity contribution < 1.29 is 9.21 Å². The van der Waals surface area contributed by atoms with Gasteiger partial charge < -0.3 is 9.73 Å². The number of furan rings is 1. The molecule has 4 heteroatoms. The fraction of sp³-hybridized carbons (Fsp3) is 0.0667. The molecule has 0 aliphatic rings. The molecule has 0 saturated carbocycles. The Labute approximate surface area is 109 Å². The topological polar surface area (TPSA) is 66.0 Å². The number of fused-ring (bicyclic) bond motifs is 3. The number of hydrogen-bond donors (Lipinski definition) is 1. The molecule has 0 spiro atoms. The zero-order valence-corrected chi connectivity index (χ0v) is 10.2. The first-order valence-corrected chi connectivity index (χ1v) is 5.82. The van der Waals surface area contributed by atoms with Gasteiger partial charge in [-0.1, -0.05) is 12.1 Å². The van der Waals surface area contributed by atoms with Gasteiger partial charge >= 0.3 is 0 Å². The van der Waals surface area contributed by atoms with Crippen molar-refractivity contribution in [1.29, 1.82) is 5.26 Å². The van der Waals surface area contributed by atoms with Crippen LogP contribution in [-0.2, 0) is 4.79 Å². The van der Waals surface area contributed by atoms with Gasteiger partial charge in [0.1, 0.15) is 5.58 Å². The average molecular weight is 250 g/mol. The van der Waals surface area contributed by atoms with Crippen LogP contribution in [0, 0.1) is 11.3 Å². The number of benzene rings is 2. The van der Waals surface area contributed by atoms with E-state index in [-0.39, 0.29) is 5.91 Å². The smallest absolute Gasteiger partial charge is 0.221 e. The Morgan fingerprint density at radius 3 is 2.84 bits per heavy atom. The summed E-state index contributed by atoms with van der Waals surface area (Å²) in [7, 11) is 0. The largest absolute Gasteiger partial charge is 0.454 e. The lowest BCUT2D eigenvalue weighted by Crippen LogP contribution is -2.05. The lowest BCUT2D eigenvalue weighted by Gasteiger charge is -2.01. The van der Waals surface area contributed by atoms with Crippen LogP contribution in [0.15, 0.2) is 40.8 Å². The van der Waals surface area contributed by atoms with Crippen molar-refractivity contribution in [3.8, 4) is 6.07 Å². The number of anilines is 1. The fourth-order valence-electron chi connectivity index (χ4n) is 2.16. The van der Waals surface area contributed by atoms with E-state index in [0.29, 0.717) is 22.4 Å². The second-order valence-corrected chi connectivity index (χ2v) is 4.29. The molecule has 0 saturated heterocycles. The minimum Gasteiger partial charge on any atom is -0.454 e. The number of carbonyl (C=O) groups excluding carboxylic acids is 1. The summed E-state index contributed by atoms with van der Waals surface area (Å²) in [5.41, 5.74) is 2.55. The predicted molar refractivity (Wildman–Crippen MR) is 72.7 cm³/mol. The van der Waals surface area contributed by atoms with E-state index < -0.39 is 0 Å². The van der Waals surface area contributed by atoms with Crippen molar-refractivity contribution in [3.63, 3.8) is 0 Å². The second kappa shape index (κ2) is 4.14. The molecule has 0 atom stereocenters. The van der Waals surface area contributed by atoms with Gasteiger partial charge in [0.05, 0.1) is 17.3 Å². The van der Waals surface area contributed by atoms with Crippen molar-refractivity contribution in [2.75, 3.05) is 5.32 Å². The summed E-state index contributed by atoms with van der Waals surface area (Å²) in [4.78, 5) is 11.2. The summed E-state index contributed by atoms with van der Waals surface area (Å²) < 4.78 is 5.76. The van der Waals surface area contributed by atoms with E-state index in [9.17, 15) is 4.79 Å². The first-order valence-electron chi connectivity index (χ1n) is 5.82. The van der Waals surface area contributed by atoms with Gasteiger partial charge in [0, 0.05) is 17.7 Å². The van der Waals surface area contributed by atoms with Crippen molar-refractivity contribution in [2.45, 2.75) is 6.92 Å². The molecule has 0 aliphatic carbocycles. The van der Waals surface area contributed by atoms with Gasteiger partial charge in [0.15, 0.2) is 5.58 Å². The molecule has 3 rings (SSSR count). The molecule has 2 aromatic carbocycles. The Bertz CT molecular complexity index is 840. The molecule has 0 unspecified atom stereocenters. The molecule has 0 fully saturated rings. The summed E-state index contributed by atoms with van der Waals surface area (Å²) in [5, 5.41) is 13.4. The van der Waals surface area contributed by atoms with Crippen LogP contribution in [0.2, 0.25) is 0 Å². The maximum atomic E-state index is 11.2. The van der Waals surface area contributed by atoms with Crippen LogP contribution in [0.3, 0.4) is 0 Å². The van der Waals surface area contributed by atoms with Crippen molar-refractivity contribution in [2.24, 2.45) is 0 Å². The highest BCUT2D eigenvalue weighted by Gasteiger charge is 2.11. The third-order valence-corrected chi connectivity index (χ3v) is 2.94. The quantitative estimate of drug-likeness (QED) is 0.719. The number of rotatable bonds is 1. The summed E-state index contributed by atoms with van der Waals surface area (Å²) in [6.45, 7) is 1.45. The number of amides is 1. The molecule has 92 valence electrons. The lowest BCUT2D eigenvalue weighted by molar-refractivity contribution is -0.114. The molecular formula is C15H10N2O2. The highest BCUT2D eigenvalue weighted by molar-refractivity contribution is 6.11. The Kier molecular flexibility index (Phi) is 2.46. The van der Waals surface area contributed by atoms with Crippen molar-refractivity contribution in [3.05, 3.63) is 42.0 Å². The molecule has 1 N–H and O–H groups in total. The van der Waals surface area contributed by atoms with Crippen LogP contribution in [0.25, 0.3) is 21.9 Å². The summed E-state index contributed by atoms with van der Waals surface area (Å²) in [6, 6.07) is 12.9. The van der Waals surface area contributed by atoms with E-state index >= 15 is 0 Å². The molecular weight excluding hydrogens is 240 g/mol. The maximum Gasteiger partial charge on any atom is 0.221 e. The molecule has 1 heterocycles. The SMILES string of the molecule is CC(=O)Nc1cccc2c1oc1ccc(C#N)cc12. The van der Waals surface area contributed by atoms with Crippen LogP contribution >= 0.6 is 0 Å². The second-order valence-electron chi connectivity index (χ2n) is 4.29. The van der Waals surface area contributed by atoms with E-state index in [1.807, 2.05) is 12.1 Å². The molecule has 4 nitrogen and oxygen atoms in total. The number of nitriles is 1. The number of hydrogen-bond acceptors (Lipinski definition) is 3. The Morgan fingerprint density at radius 1 is 1.26 bits per heavy atom. The molecule has 1 aromatic heterocycles. The van der Waals surface area contributed by atoms with Crippen molar-refractivity contribution >= 4 is 33.5 Å². The number of carbonyl (C=O) groups is 1. The van der Waals surface area contributed by atoms with Crippen LogP contribution in [-0.4, -0.2) is 5.91 Å². The monoisotopic (exact) mass is 250 g/mol. The fourth-order valence-corrected chi connectivity index (χ4v) is 2.16. The third-order valence-electron chi connectivity index (χ3n) is 2.94. The van der Waals surface area contributed by atoms with Crippen LogP contribution in [0.4, 0.5) is 5.69 Å². The molecule has 0 aliphatic heterocycles. The van der Waals surface area contributed by atoms with Crippen LogP contribution < -0.4 is 5.32 Å². The van der Waals surface area contributed by atoms with E-state index in [0.717, 1.165) is 10.8 Å². The Hall–Kier alpha value is -2.80. The van der Waals surface area contributed by atoms with Gasteiger partial charge in [-0.3, -0.25) is 4.79 Å². The first kappa shape index (κ1) is 11.3. The molecule has 0 bridgehead atoms. The van der Waals surface area contributed by atoms with E-state index in [4.69, 9.17) is 9.68 Å². The third kappa shape index (κ3) is 1.81. The lowest BCUT2D eigenvalue weighted by atomic mass is 10.1. The first-order chi connectivity index (χ1) is 9.19. The van der Waals surface area contributed by atoms with Gasteiger partial charge in [-0.15, -0.1) is 0 Å². The zero-order valence-electron chi connectivity index (χ0n) is 10.2. The van der Waals surface area contributed by atoms with E-state index in [1.165, 1.54) is 6.92 Å². The summed E-state index contributed by atoms with van der Waals surface area (Å²) >= 11 is 0. The van der Waals surface area contributed by atoms with Crippen molar-refractivity contribution in [1.82, 2.24) is 0 Å². The minimum absolute atomic E-state index is 0.148. The summed E-state index contributed by atoms with van der Waals surface area (Å²) in [6.07, 6.45) is 0. The van der Waals surface area contributed by atoms with Gasteiger partial charge in [-0.05, 0) is 24.3 Å². The summed E-state index contributed by atoms with van der Waals surface area (Å²) in [5.74, 6) is -0.148. The number of nitrogens with zero attached hydrogens (tertiary/aromatic N) is 1. The number of para-hydroxylation sites is 1. The predicted octanol–water partition coefficient (Wildman–Crippen LogP) is 3.42. The molecule has 19 heavy (non-hydrogen) atoms. The zero-order chi connectivity index (χ0) is 13.4. The highest BCUT2D eigenvalue weighted by atomic mass is 16.3. The van der Waals surface area contributed by atoms with E-state index in [2.05, 4.69) is 11.4 Å². The standard InChI is InChI=1S/C15H10N2O2/c1-9(18)17-13-4-2-3-11-12-7-10(8-16)5-6-14(12)19-15(11)13/h2-7H,1H3,(H,17,18).